The van der Waals surface area contributed by atoms with Crippen LogP contribution in [0.15, 0.2) is 53.7 Å². The summed E-state index contributed by atoms with van der Waals surface area (Å²) in [6.45, 7) is 2.14. The van der Waals surface area contributed by atoms with Crippen molar-refractivity contribution >= 4 is 23.1 Å². The van der Waals surface area contributed by atoms with E-state index in [2.05, 4.69) is 20.6 Å². The Bertz CT molecular complexity index is 1320. The van der Waals surface area contributed by atoms with Crippen molar-refractivity contribution in [2.75, 3.05) is 17.3 Å². The third kappa shape index (κ3) is 3.57. The molecule has 0 radical (unpaired) electrons. The number of pyridine rings is 1. The monoisotopic (exact) mass is 444 g/mol. The third-order valence-electron chi connectivity index (χ3n) is 6.18. The number of anilines is 2. The molecule has 33 heavy (non-hydrogen) atoms. The number of benzene rings is 2. The van der Waals surface area contributed by atoms with Crippen molar-refractivity contribution in [3.63, 3.8) is 0 Å². The van der Waals surface area contributed by atoms with Crippen molar-refractivity contribution in [1.82, 2.24) is 4.98 Å². The minimum absolute atomic E-state index is 0.0301. The fraction of sp³-hybridized carbons (Fsp3) is 0.240. The van der Waals surface area contributed by atoms with Crippen LogP contribution in [-0.4, -0.2) is 29.4 Å². The van der Waals surface area contributed by atoms with E-state index in [4.69, 9.17) is 9.47 Å². The van der Waals surface area contributed by atoms with E-state index < -0.39 is 0 Å². The molecule has 2 unspecified atom stereocenters. The highest BCUT2D eigenvalue weighted by atomic mass is 19.1. The summed E-state index contributed by atoms with van der Waals surface area (Å²) < 4.78 is 25.6. The van der Waals surface area contributed by atoms with Crippen LogP contribution < -0.4 is 20.1 Å². The van der Waals surface area contributed by atoms with Gasteiger partial charge in [-0.25, -0.2) is 9.37 Å². The van der Waals surface area contributed by atoms with Crippen molar-refractivity contribution in [3.8, 4) is 17.2 Å². The van der Waals surface area contributed by atoms with Gasteiger partial charge in [-0.15, -0.1) is 0 Å². The first-order valence-corrected chi connectivity index (χ1v) is 10.9. The van der Waals surface area contributed by atoms with Crippen LogP contribution in [0.4, 0.5) is 15.9 Å². The highest BCUT2D eigenvalue weighted by Gasteiger charge is 2.55. The summed E-state index contributed by atoms with van der Waals surface area (Å²) in [5.74, 6) is 2.69. The van der Waals surface area contributed by atoms with E-state index in [0.29, 0.717) is 42.4 Å². The van der Waals surface area contributed by atoms with E-state index >= 15 is 0 Å². The molecule has 3 aromatic rings. The Labute approximate surface area is 189 Å². The number of halogens is 1. The zero-order valence-corrected chi connectivity index (χ0v) is 17.9. The van der Waals surface area contributed by atoms with Gasteiger partial charge in [0, 0.05) is 29.4 Å². The van der Waals surface area contributed by atoms with Gasteiger partial charge in [-0.2, -0.15) is 0 Å². The van der Waals surface area contributed by atoms with E-state index in [1.807, 2.05) is 24.3 Å². The first-order valence-electron chi connectivity index (χ1n) is 10.9. The standard InChI is InChI=1S/C25H21FN4O3/c1-13-10-14(2-5-18(13)26)28-12-29-23-22-17-11-15(3-6-19(17)33-24(22)23)32-20-8-9-27-25-16(20)4-7-21(31)30-25/h2-3,5-6,8-11,22,24,28H,4,7,12H2,1H3,(H,27,30,31). The average molecular weight is 444 g/mol. The maximum atomic E-state index is 13.4. The largest absolute Gasteiger partial charge is 0.483 e. The summed E-state index contributed by atoms with van der Waals surface area (Å²) >= 11 is 0. The molecule has 1 aromatic heterocycles. The Kier molecular flexibility index (Phi) is 4.53. The van der Waals surface area contributed by atoms with E-state index in [0.717, 1.165) is 28.3 Å². The van der Waals surface area contributed by atoms with Crippen LogP contribution in [-0.2, 0) is 11.2 Å². The highest BCUT2D eigenvalue weighted by Crippen LogP contribution is 2.52. The predicted octanol–water partition coefficient (Wildman–Crippen LogP) is 4.57. The predicted molar refractivity (Wildman–Crippen MR) is 122 cm³/mol. The minimum Gasteiger partial charge on any atom is -0.483 e. The molecule has 1 saturated carbocycles. The molecule has 166 valence electrons. The third-order valence-corrected chi connectivity index (χ3v) is 6.18. The molecule has 2 aromatic carbocycles. The lowest BCUT2D eigenvalue weighted by atomic mass is 10.1. The molecule has 7 nitrogen and oxygen atoms in total. The van der Waals surface area contributed by atoms with E-state index in [1.54, 1.807) is 25.3 Å². The lowest BCUT2D eigenvalue weighted by molar-refractivity contribution is -0.116. The van der Waals surface area contributed by atoms with Crippen LogP contribution in [0.5, 0.6) is 17.2 Å². The van der Waals surface area contributed by atoms with Crippen LogP contribution >= 0.6 is 0 Å². The molecule has 2 N–H and O–H groups in total. The number of ether oxygens (including phenoxy) is 2. The van der Waals surface area contributed by atoms with Gasteiger partial charge in [0.1, 0.15) is 41.7 Å². The second-order valence-corrected chi connectivity index (χ2v) is 8.38. The molecule has 2 atom stereocenters. The van der Waals surface area contributed by atoms with Crippen molar-refractivity contribution in [2.45, 2.75) is 31.8 Å². The van der Waals surface area contributed by atoms with Gasteiger partial charge in [-0.3, -0.25) is 9.79 Å². The number of aromatic nitrogens is 1. The summed E-state index contributed by atoms with van der Waals surface area (Å²) in [7, 11) is 0. The maximum Gasteiger partial charge on any atom is 0.225 e. The molecule has 1 amide bonds. The van der Waals surface area contributed by atoms with Gasteiger partial charge in [0.15, 0.2) is 0 Å². The van der Waals surface area contributed by atoms with Gasteiger partial charge in [0.25, 0.3) is 0 Å². The number of nitrogens with zero attached hydrogens (tertiary/aromatic N) is 2. The van der Waals surface area contributed by atoms with Crippen LogP contribution in [0.2, 0.25) is 0 Å². The number of fused-ring (bicyclic) bond motifs is 4. The second-order valence-electron chi connectivity index (χ2n) is 8.38. The summed E-state index contributed by atoms with van der Waals surface area (Å²) in [4.78, 5) is 20.5. The summed E-state index contributed by atoms with van der Waals surface area (Å²) in [6, 6.07) is 12.5. The van der Waals surface area contributed by atoms with Crippen molar-refractivity contribution in [3.05, 3.63) is 71.2 Å². The Morgan fingerprint density at radius 3 is 3.03 bits per heavy atom. The quantitative estimate of drug-likeness (QED) is 0.602. The number of hydrogen-bond donors (Lipinski definition) is 2. The molecule has 1 aliphatic carbocycles. The molecule has 3 aliphatic rings. The molecular weight excluding hydrogens is 423 g/mol. The lowest BCUT2D eigenvalue weighted by Gasteiger charge is -2.19. The minimum atomic E-state index is -0.219. The van der Waals surface area contributed by atoms with Gasteiger partial charge >= 0.3 is 0 Å². The maximum absolute atomic E-state index is 13.4. The zero-order valence-electron chi connectivity index (χ0n) is 17.9. The number of carbonyl (C=O) groups excluding carboxylic acids is 1. The molecule has 2 aliphatic heterocycles. The van der Waals surface area contributed by atoms with E-state index in [9.17, 15) is 9.18 Å². The molecule has 3 heterocycles. The fourth-order valence-corrected chi connectivity index (χ4v) is 4.40. The number of nitrogens with one attached hydrogen (secondary N) is 2. The molecule has 1 fully saturated rings. The number of amides is 1. The number of hydrogen-bond acceptors (Lipinski definition) is 6. The summed E-state index contributed by atoms with van der Waals surface area (Å²) in [5.41, 5.74) is 4.39. The Hall–Kier alpha value is -3.94. The Morgan fingerprint density at radius 1 is 1.24 bits per heavy atom. The topological polar surface area (TPSA) is 84.8 Å². The average Bonchev–Trinajstić information content (AvgIpc) is 3.34. The number of carbonyl (C=O) groups is 1. The van der Waals surface area contributed by atoms with Crippen molar-refractivity contribution in [2.24, 2.45) is 4.99 Å². The zero-order chi connectivity index (χ0) is 22.5. The first kappa shape index (κ1) is 19.7. The van der Waals surface area contributed by atoms with E-state index in [-0.39, 0.29) is 23.7 Å². The second kappa shape index (κ2) is 7.58. The summed E-state index contributed by atoms with van der Waals surface area (Å²) in [5, 5.41) is 6.00. The molecule has 0 saturated heterocycles. The molecule has 8 heteroatoms. The highest BCUT2D eigenvalue weighted by molar-refractivity contribution is 6.13. The Morgan fingerprint density at radius 2 is 2.15 bits per heavy atom. The molecule has 6 rings (SSSR count). The summed E-state index contributed by atoms with van der Waals surface area (Å²) in [6.07, 6.45) is 2.62. The van der Waals surface area contributed by atoms with Crippen molar-refractivity contribution < 1.29 is 18.7 Å². The first-order chi connectivity index (χ1) is 16.1. The number of rotatable bonds is 5. The lowest BCUT2D eigenvalue weighted by Crippen LogP contribution is -2.20. The smallest absolute Gasteiger partial charge is 0.225 e. The van der Waals surface area contributed by atoms with Gasteiger partial charge in [-0.1, -0.05) is 0 Å². The molecule has 0 spiro atoms. The SMILES string of the molecule is Cc1cc(NCN=C2C3Oc4ccc(Oc5ccnc6c5CCC(=O)N6)cc4C23)ccc1F. The number of aliphatic imine (C=N–C) groups is 1. The normalized spacial score (nSPS) is 20.9. The fourth-order valence-electron chi connectivity index (χ4n) is 4.40. The van der Waals surface area contributed by atoms with Gasteiger partial charge in [0.2, 0.25) is 5.91 Å². The van der Waals surface area contributed by atoms with Crippen LogP contribution in [0, 0.1) is 12.7 Å². The van der Waals surface area contributed by atoms with Crippen LogP contribution in [0.25, 0.3) is 0 Å². The Balaban J connectivity index is 1.16. The molecular formula is C25H21FN4O3. The van der Waals surface area contributed by atoms with Gasteiger partial charge in [-0.05, 0) is 61.4 Å². The van der Waals surface area contributed by atoms with Crippen molar-refractivity contribution in [1.29, 1.82) is 0 Å². The number of aryl methyl sites for hydroxylation is 1. The van der Waals surface area contributed by atoms with Gasteiger partial charge < -0.3 is 20.1 Å². The van der Waals surface area contributed by atoms with Crippen LogP contribution in [0.3, 0.4) is 0 Å². The molecule has 0 bridgehead atoms. The van der Waals surface area contributed by atoms with Crippen LogP contribution in [0.1, 0.15) is 29.0 Å². The van der Waals surface area contributed by atoms with Gasteiger partial charge in [0.05, 0.1) is 11.6 Å². The van der Waals surface area contributed by atoms with E-state index in [1.165, 1.54) is 6.07 Å².